The quantitative estimate of drug-likeness (QED) is 0.545. The van der Waals surface area contributed by atoms with Crippen molar-refractivity contribution in [2.24, 2.45) is 0 Å². The summed E-state index contributed by atoms with van der Waals surface area (Å²) in [6.45, 7) is 0. The van der Waals surface area contributed by atoms with Gasteiger partial charge in [-0.05, 0) is 12.1 Å². The molecule has 0 bridgehead atoms. The number of hydrogen-bond acceptors (Lipinski definition) is 5. The van der Waals surface area contributed by atoms with Crippen LogP contribution in [0.2, 0.25) is 0 Å². The van der Waals surface area contributed by atoms with Gasteiger partial charge in [0.15, 0.2) is 0 Å². The molecule has 2 rings (SSSR count). The van der Waals surface area contributed by atoms with E-state index < -0.39 is 7.12 Å². The normalized spacial score (nSPS) is 10.6. The van der Waals surface area contributed by atoms with Gasteiger partial charge in [0, 0.05) is 6.07 Å². The summed E-state index contributed by atoms with van der Waals surface area (Å²) < 4.78 is 0.820. The summed E-state index contributed by atoms with van der Waals surface area (Å²) in [6.07, 6.45) is 0. The third-order valence-corrected chi connectivity index (χ3v) is 2.68. The molecule has 3 N–H and O–H groups in total. The molecule has 0 unspecified atom stereocenters. The van der Waals surface area contributed by atoms with Gasteiger partial charge in [0.05, 0.1) is 10.2 Å². The van der Waals surface area contributed by atoms with E-state index >= 15 is 0 Å². The van der Waals surface area contributed by atoms with Gasteiger partial charge in [-0.2, -0.15) is 0 Å². The van der Waals surface area contributed by atoms with Gasteiger partial charge in [-0.3, -0.25) is 0 Å². The maximum atomic E-state index is 9.12. The maximum Gasteiger partial charge on any atom is 0.519 e. The van der Waals surface area contributed by atoms with E-state index in [0.717, 1.165) is 4.70 Å². The van der Waals surface area contributed by atoms with Crippen LogP contribution in [0, 0.1) is 0 Å². The van der Waals surface area contributed by atoms with Crippen molar-refractivity contribution in [3.63, 3.8) is 0 Å². The molecule has 0 atom stereocenters. The van der Waals surface area contributed by atoms with Crippen molar-refractivity contribution in [2.45, 2.75) is 0 Å². The number of phenolic OH excluding ortho intramolecular Hbond substituents is 1. The van der Waals surface area contributed by atoms with Crippen LogP contribution >= 0.6 is 11.3 Å². The molecule has 0 aliphatic rings. The van der Waals surface area contributed by atoms with Crippen molar-refractivity contribution in [3.05, 3.63) is 18.2 Å². The second kappa shape index (κ2) is 2.99. The van der Waals surface area contributed by atoms with Crippen molar-refractivity contribution in [1.29, 1.82) is 0 Å². The lowest BCUT2D eigenvalue weighted by atomic mass is 9.94. The highest BCUT2D eigenvalue weighted by atomic mass is 32.1. The highest BCUT2D eigenvalue weighted by Crippen LogP contribution is 2.20. The Hall–Kier alpha value is -1.11. The largest absolute Gasteiger partial charge is 0.519 e. The molecule has 0 aliphatic heterocycles. The van der Waals surface area contributed by atoms with Crippen LogP contribution in [0.25, 0.3) is 10.2 Å². The lowest BCUT2D eigenvalue weighted by molar-refractivity contribution is 0.425. The fourth-order valence-electron chi connectivity index (χ4n) is 1.04. The van der Waals surface area contributed by atoms with Gasteiger partial charge in [0.25, 0.3) is 0 Å². The third kappa shape index (κ3) is 1.51. The van der Waals surface area contributed by atoms with Crippen molar-refractivity contribution in [3.8, 4) is 5.75 Å². The van der Waals surface area contributed by atoms with Crippen LogP contribution in [0.5, 0.6) is 5.75 Å². The van der Waals surface area contributed by atoms with Crippen LogP contribution in [0.3, 0.4) is 0 Å². The molecule has 66 valence electrons. The molecule has 2 aromatic rings. The molecule has 0 saturated heterocycles. The fraction of sp³-hybridized carbons (Fsp3) is 0. The first-order chi connectivity index (χ1) is 6.16. The summed E-state index contributed by atoms with van der Waals surface area (Å²) in [5.41, 5.74) is 0.577. The standard InChI is InChI=1S/C7H6BNO3S/c10-4-1-2-6-5(3-4)9-7(13-6)8(11)12/h1-3,10-12H. The lowest BCUT2D eigenvalue weighted by Crippen LogP contribution is -2.28. The van der Waals surface area contributed by atoms with E-state index in [9.17, 15) is 0 Å². The van der Waals surface area contributed by atoms with Gasteiger partial charge in [-0.15, -0.1) is 11.3 Å². The van der Waals surface area contributed by atoms with E-state index in [2.05, 4.69) is 4.98 Å². The molecule has 6 heteroatoms. The number of aromatic hydroxyl groups is 1. The minimum absolute atomic E-state index is 0.122. The second-order valence-electron chi connectivity index (χ2n) is 2.58. The number of phenols is 1. The first kappa shape index (κ1) is 8.49. The minimum Gasteiger partial charge on any atom is -0.508 e. The number of rotatable bonds is 1. The maximum absolute atomic E-state index is 9.12. The van der Waals surface area contributed by atoms with Crippen LogP contribution in [0.1, 0.15) is 0 Å². The van der Waals surface area contributed by atoms with Gasteiger partial charge in [-0.25, -0.2) is 4.98 Å². The first-order valence-electron chi connectivity index (χ1n) is 3.62. The SMILES string of the molecule is OB(O)c1nc2cc(O)ccc2s1. The van der Waals surface area contributed by atoms with Gasteiger partial charge in [0.1, 0.15) is 10.7 Å². The Labute approximate surface area is 78.2 Å². The van der Waals surface area contributed by atoms with E-state index in [1.54, 1.807) is 6.07 Å². The summed E-state index contributed by atoms with van der Waals surface area (Å²) in [5, 5.41) is 26.8. The molecule has 0 spiro atoms. The summed E-state index contributed by atoms with van der Waals surface area (Å²) in [5.74, 6) is 0.122. The molecular formula is C7H6BNO3S. The predicted octanol–water partition coefficient (Wildman–Crippen LogP) is -0.318. The van der Waals surface area contributed by atoms with E-state index in [-0.39, 0.29) is 10.7 Å². The van der Waals surface area contributed by atoms with Gasteiger partial charge in [0.2, 0.25) is 0 Å². The van der Waals surface area contributed by atoms with Crippen molar-refractivity contribution in [1.82, 2.24) is 4.98 Å². The predicted molar refractivity (Wildman–Crippen MR) is 51.1 cm³/mol. The van der Waals surface area contributed by atoms with Crippen LogP contribution in [0.4, 0.5) is 0 Å². The number of thiazole rings is 1. The van der Waals surface area contributed by atoms with E-state index in [0.29, 0.717) is 5.52 Å². The Morgan fingerprint density at radius 1 is 1.31 bits per heavy atom. The number of benzene rings is 1. The topological polar surface area (TPSA) is 73.6 Å². The second-order valence-corrected chi connectivity index (χ2v) is 3.64. The van der Waals surface area contributed by atoms with Crippen LogP contribution in [-0.4, -0.2) is 27.3 Å². The monoisotopic (exact) mass is 195 g/mol. The van der Waals surface area contributed by atoms with E-state index in [1.807, 2.05) is 0 Å². The van der Waals surface area contributed by atoms with Crippen molar-refractivity contribution in [2.75, 3.05) is 0 Å². The fourth-order valence-corrected chi connectivity index (χ4v) is 1.86. The van der Waals surface area contributed by atoms with Gasteiger partial charge < -0.3 is 15.2 Å². The lowest BCUT2D eigenvalue weighted by Gasteiger charge is -1.88. The molecule has 1 heterocycles. The highest BCUT2D eigenvalue weighted by Gasteiger charge is 2.16. The molecule has 0 fully saturated rings. The molecule has 4 nitrogen and oxygen atoms in total. The summed E-state index contributed by atoms with van der Waals surface area (Å²) in [7, 11) is -1.54. The van der Waals surface area contributed by atoms with Gasteiger partial charge >= 0.3 is 7.12 Å². The number of hydrogen-bond donors (Lipinski definition) is 3. The van der Waals surface area contributed by atoms with E-state index in [4.69, 9.17) is 15.2 Å². The summed E-state index contributed by atoms with van der Waals surface area (Å²) >= 11 is 1.19. The average Bonchev–Trinajstić information content (AvgIpc) is 2.46. The summed E-state index contributed by atoms with van der Waals surface area (Å²) in [6, 6.07) is 4.71. The third-order valence-electron chi connectivity index (χ3n) is 1.61. The van der Waals surface area contributed by atoms with Crippen molar-refractivity contribution >= 4 is 33.6 Å². The highest BCUT2D eigenvalue weighted by molar-refractivity contribution is 7.27. The van der Waals surface area contributed by atoms with Crippen LogP contribution in [-0.2, 0) is 0 Å². The zero-order chi connectivity index (χ0) is 9.42. The Balaban J connectivity index is 2.62. The van der Waals surface area contributed by atoms with Crippen molar-refractivity contribution < 1.29 is 15.2 Å². The molecule has 0 aliphatic carbocycles. The van der Waals surface area contributed by atoms with Crippen LogP contribution in [0.15, 0.2) is 18.2 Å². The summed E-state index contributed by atoms with van der Waals surface area (Å²) in [4.78, 5) is 4.17. The molecule has 1 aromatic heterocycles. The molecule has 0 saturated carbocycles. The number of aromatic nitrogens is 1. The smallest absolute Gasteiger partial charge is 0.508 e. The number of nitrogens with zero attached hydrogens (tertiary/aromatic N) is 1. The Bertz CT molecular complexity index is 442. The van der Waals surface area contributed by atoms with Gasteiger partial charge in [-0.1, -0.05) is 0 Å². The molecule has 0 amide bonds. The van der Waals surface area contributed by atoms with Crippen LogP contribution < -0.4 is 4.91 Å². The average molecular weight is 195 g/mol. The Morgan fingerprint density at radius 2 is 2.08 bits per heavy atom. The molecule has 1 aromatic carbocycles. The first-order valence-corrected chi connectivity index (χ1v) is 4.44. The van der Waals surface area contributed by atoms with E-state index in [1.165, 1.54) is 23.5 Å². The molecule has 0 radical (unpaired) electrons. The zero-order valence-electron chi connectivity index (χ0n) is 6.51. The zero-order valence-corrected chi connectivity index (χ0v) is 7.32. The molecular weight excluding hydrogens is 189 g/mol. The minimum atomic E-state index is -1.54. The molecule has 13 heavy (non-hydrogen) atoms. The Kier molecular flexibility index (Phi) is 1.95. The Morgan fingerprint density at radius 3 is 2.77 bits per heavy atom. The number of fused-ring (bicyclic) bond motifs is 1.